The second-order valence-electron chi connectivity index (χ2n) is 4.48. The zero-order valence-corrected chi connectivity index (χ0v) is 11.9. The molecule has 2 rings (SSSR count). The number of hydrogen-bond acceptors (Lipinski definition) is 4. The van der Waals surface area contributed by atoms with Gasteiger partial charge in [-0.1, -0.05) is 13.3 Å². The molecular formula is C12H16N2O2S2. The molecule has 1 fully saturated rings. The van der Waals surface area contributed by atoms with E-state index in [-0.39, 0.29) is 4.21 Å². The summed E-state index contributed by atoms with van der Waals surface area (Å²) in [6.45, 7) is 2.95. The Hall–Kier alpha value is -0.900. The van der Waals surface area contributed by atoms with Crippen molar-refractivity contribution >= 4 is 21.4 Å². The molecule has 0 amide bonds. The minimum Gasteiger partial charge on any atom is -0.206 e. The topological polar surface area (TPSA) is 61.2 Å². The number of nitrogens with zero attached hydrogens (tertiary/aromatic N) is 2. The van der Waals surface area contributed by atoms with E-state index in [1.807, 2.05) is 13.0 Å². The van der Waals surface area contributed by atoms with Gasteiger partial charge in [0.15, 0.2) is 0 Å². The molecule has 1 aromatic rings. The first-order valence-corrected chi connectivity index (χ1v) is 8.33. The SMILES string of the molecule is CCN(CC1CCC1)S(=O)(=O)c1ccc(C#N)s1. The van der Waals surface area contributed by atoms with Gasteiger partial charge in [0, 0.05) is 13.1 Å². The largest absolute Gasteiger partial charge is 0.252 e. The summed E-state index contributed by atoms with van der Waals surface area (Å²) in [5.74, 6) is 0.509. The van der Waals surface area contributed by atoms with Crippen LogP contribution in [0.25, 0.3) is 0 Å². The van der Waals surface area contributed by atoms with E-state index >= 15 is 0 Å². The summed E-state index contributed by atoms with van der Waals surface area (Å²) in [5, 5.41) is 8.76. The molecule has 4 nitrogen and oxygen atoms in total. The van der Waals surface area contributed by atoms with Crippen LogP contribution in [0, 0.1) is 17.2 Å². The third-order valence-corrected chi connectivity index (χ3v) is 6.72. The lowest BCUT2D eigenvalue weighted by molar-refractivity contribution is 0.250. The van der Waals surface area contributed by atoms with Crippen LogP contribution >= 0.6 is 11.3 Å². The first-order valence-electron chi connectivity index (χ1n) is 6.08. The fraction of sp³-hybridized carbons (Fsp3) is 0.583. The molecule has 6 heteroatoms. The van der Waals surface area contributed by atoms with Crippen LogP contribution in [0.15, 0.2) is 16.3 Å². The molecule has 18 heavy (non-hydrogen) atoms. The number of sulfonamides is 1. The molecule has 0 bridgehead atoms. The molecule has 0 aromatic carbocycles. The van der Waals surface area contributed by atoms with Crippen molar-refractivity contribution in [3.8, 4) is 6.07 Å². The van der Waals surface area contributed by atoms with Crippen LogP contribution < -0.4 is 0 Å². The monoisotopic (exact) mass is 284 g/mol. The van der Waals surface area contributed by atoms with Crippen LogP contribution in [-0.4, -0.2) is 25.8 Å². The molecule has 0 aliphatic heterocycles. The van der Waals surface area contributed by atoms with Crippen LogP contribution in [0.3, 0.4) is 0 Å². The van der Waals surface area contributed by atoms with E-state index in [0.717, 1.165) is 24.2 Å². The maximum absolute atomic E-state index is 12.4. The number of hydrogen-bond donors (Lipinski definition) is 0. The fourth-order valence-corrected chi connectivity index (χ4v) is 4.79. The van der Waals surface area contributed by atoms with E-state index in [2.05, 4.69) is 0 Å². The zero-order chi connectivity index (χ0) is 13.2. The molecule has 0 unspecified atom stereocenters. The van der Waals surface area contributed by atoms with Crippen LogP contribution in [0.1, 0.15) is 31.1 Å². The van der Waals surface area contributed by atoms with E-state index < -0.39 is 10.0 Å². The Bertz CT molecular complexity index is 553. The Balaban J connectivity index is 2.19. The van der Waals surface area contributed by atoms with Crippen molar-refractivity contribution in [2.24, 2.45) is 5.92 Å². The summed E-state index contributed by atoms with van der Waals surface area (Å²) in [5.41, 5.74) is 0. The normalized spacial score (nSPS) is 16.5. The highest BCUT2D eigenvalue weighted by molar-refractivity contribution is 7.91. The molecule has 0 atom stereocenters. The summed E-state index contributed by atoms with van der Waals surface area (Å²) in [4.78, 5) is 0.438. The molecule has 1 aliphatic carbocycles. The standard InChI is InChI=1S/C12H16N2O2S2/c1-2-14(9-10-4-3-5-10)18(15,16)12-7-6-11(8-13)17-12/h6-7,10H,2-5,9H2,1H3. The number of thiophene rings is 1. The van der Waals surface area contributed by atoms with Gasteiger partial charge in [-0.25, -0.2) is 8.42 Å². The van der Waals surface area contributed by atoms with E-state index in [9.17, 15) is 8.42 Å². The fourth-order valence-electron chi connectivity index (χ4n) is 2.01. The molecule has 1 aromatic heterocycles. The van der Waals surface area contributed by atoms with Crippen molar-refractivity contribution < 1.29 is 8.42 Å². The van der Waals surface area contributed by atoms with Gasteiger partial charge in [-0.15, -0.1) is 11.3 Å². The summed E-state index contributed by atoms with van der Waals surface area (Å²) >= 11 is 1.05. The zero-order valence-electron chi connectivity index (χ0n) is 10.3. The Morgan fingerprint density at radius 3 is 2.67 bits per heavy atom. The molecule has 0 saturated heterocycles. The van der Waals surface area contributed by atoms with Gasteiger partial charge in [-0.2, -0.15) is 9.57 Å². The Morgan fingerprint density at radius 2 is 2.22 bits per heavy atom. The van der Waals surface area contributed by atoms with Crippen LogP contribution in [0.4, 0.5) is 0 Å². The van der Waals surface area contributed by atoms with Crippen molar-refractivity contribution in [1.82, 2.24) is 4.31 Å². The molecule has 0 radical (unpaired) electrons. The second-order valence-corrected chi connectivity index (χ2v) is 7.73. The quantitative estimate of drug-likeness (QED) is 0.834. The van der Waals surface area contributed by atoms with Crippen LogP contribution in [0.5, 0.6) is 0 Å². The maximum Gasteiger partial charge on any atom is 0.252 e. The Kier molecular flexibility index (Phi) is 4.05. The Morgan fingerprint density at radius 1 is 1.50 bits per heavy atom. The lowest BCUT2D eigenvalue weighted by Crippen LogP contribution is -2.36. The molecular weight excluding hydrogens is 268 g/mol. The van der Waals surface area contributed by atoms with E-state index in [1.165, 1.54) is 16.8 Å². The van der Waals surface area contributed by atoms with Gasteiger partial charge in [-0.3, -0.25) is 0 Å². The highest BCUT2D eigenvalue weighted by Gasteiger charge is 2.29. The van der Waals surface area contributed by atoms with Gasteiger partial charge >= 0.3 is 0 Å². The number of nitriles is 1. The van der Waals surface area contributed by atoms with Gasteiger partial charge in [-0.05, 0) is 30.9 Å². The molecule has 0 N–H and O–H groups in total. The minimum atomic E-state index is -3.41. The number of rotatable bonds is 5. The van der Waals surface area contributed by atoms with E-state index in [0.29, 0.717) is 23.9 Å². The van der Waals surface area contributed by atoms with Gasteiger partial charge < -0.3 is 0 Å². The Labute approximate surface area is 112 Å². The summed E-state index contributed by atoms with van der Waals surface area (Å²) < 4.78 is 26.6. The third kappa shape index (κ3) is 2.58. The first kappa shape index (κ1) is 13.5. The van der Waals surface area contributed by atoms with Gasteiger partial charge in [0.05, 0.1) is 0 Å². The highest BCUT2D eigenvalue weighted by atomic mass is 32.2. The lowest BCUT2D eigenvalue weighted by Gasteiger charge is -2.30. The first-order chi connectivity index (χ1) is 8.57. The predicted octanol–water partition coefficient (Wildman–Crippen LogP) is 2.43. The predicted molar refractivity (Wildman–Crippen MR) is 70.8 cm³/mol. The molecule has 1 saturated carbocycles. The molecule has 1 heterocycles. The van der Waals surface area contributed by atoms with Crippen LogP contribution in [-0.2, 0) is 10.0 Å². The van der Waals surface area contributed by atoms with Crippen molar-refractivity contribution in [3.05, 3.63) is 17.0 Å². The average molecular weight is 284 g/mol. The molecule has 0 spiro atoms. The van der Waals surface area contributed by atoms with Gasteiger partial charge in [0.2, 0.25) is 0 Å². The molecule has 1 aliphatic rings. The third-order valence-electron chi connectivity index (χ3n) is 3.32. The second kappa shape index (κ2) is 5.39. The van der Waals surface area contributed by atoms with Gasteiger partial charge in [0.1, 0.15) is 15.2 Å². The molecule has 98 valence electrons. The maximum atomic E-state index is 12.4. The van der Waals surface area contributed by atoms with E-state index in [4.69, 9.17) is 5.26 Å². The smallest absolute Gasteiger partial charge is 0.206 e. The lowest BCUT2D eigenvalue weighted by atomic mass is 9.85. The van der Waals surface area contributed by atoms with Crippen molar-refractivity contribution in [1.29, 1.82) is 5.26 Å². The summed E-state index contributed by atoms with van der Waals surface area (Å²) in [6, 6.07) is 5.07. The summed E-state index contributed by atoms with van der Waals surface area (Å²) in [7, 11) is -3.41. The summed E-state index contributed by atoms with van der Waals surface area (Å²) in [6.07, 6.45) is 3.46. The van der Waals surface area contributed by atoms with E-state index in [1.54, 1.807) is 6.07 Å². The van der Waals surface area contributed by atoms with Crippen molar-refractivity contribution in [2.75, 3.05) is 13.1 Å². The van der Waals surface area contributed by atoms with Gasteiger partial charge in [0.25, 0.3) is 10.0 Å². The average Bonchev–Trinajstić information content (AvgIpc) is 2.76. The van der Waals surface area contributed by atoms with Crippen molar-refractivity contribution in [3.63, 3.8) is 0 Å². The van der Waals surface area contributed by atoms with Crippen molar-refractivity contribution in [2.45, 2.75) is 30.4 Å². The van der Waals surface area contributed by atoms with Crippen LogP contribution in [0.2, 0.25) is 0 Å². The minimum absolute atomic E-state index is 0.278. The highest BCUT2D eigenvalue weighted by Crippen LogP contribution is 2.30.